The SMILES string of the molecule is C=Nc1cc(C#N)cc(OCCCNC(=O)CN2CCOCC2)c1N(CCC)CNC(=O)/C=C/C(C)=N\N(C)CC. The maximum Gasteiger partial charge on any atom is 0.245 e. The fraction of sp³-hybridized carbons (Fsp3) is 0.552. The first-order valence-electron chi connectivity index (χ1n) is 14.0. The number of carbonyl (C=O) groups is 2. The summed E-state index contributed by atoms with van der Waals surface area (Å²) in [6.07, 6.45) is 4.48. The smallest absolute Gasteiger partial charge is 0.245 e. The zero-order valence-electron chi connectivity index (χ0n) is 24.8. The molecule has 1 fully saturated rings. The van der Waals surface area contributed by atoms with Gasteiger partial charge in [-0.1, -0.05) is 6.92 Å². The Morgan fingerprint density at radius 3 is 2.66 bits per heavy atom. The molecule has 12 nitrogen and oxygen atoms in total. The summed E-state index contributed by atoms with van der Waals surface area (Å²) in [6.45, 7) is 15.0. The van der Waals surface area contributed by atoms with Crippen LogP contribution in [0.4, 0.5) is 11.4 Å². The molecule has 1 aliphatic heterocycles. The fourth-order valence-electron chi connectivity index (χ4n) is 4.05. The van der Waals surface area contributed by atoms with Crippen molar-refractivity contribution in [2.24, 2.45) is 10.1 Å². The van der Waals surface area contributed by atoms with Gasteiger partial charge in [0.05, 0.1) is 56.1 Å². The van der Waals surface area contributed by atoms with Gasteiger partial charge in [-0.05, 0) is 45.5 Å². The Balaban J connectivity index is 2.05. The molecule has 0 bridgehead atoms. The molecular formula is C29H44N8O4. The minimum atomic E-state index is -0.267. The molecule has 2 amide bonds. The summed E-state index contributed by atoms with van der Waals surface area (Å²) in [4.78, 5) is 33.0. The molecule has 1 aromatic rings. The normalized spacial score (nSPS) is 13.9. The zero-order chi connectivity index (χ0) is 30.0. The molecule has 0 spiro atoms. The molecule has 1 aromatic carbocycles. The molecule has 0 aliphatic carbocycles. The Bertz CT molecular complexity index is 1110. The van der Waals surface area contributed by atoms with Crippen molar-refractivity contribution in [3.63, 3.8) is 0 Å². The van der Waals surface area contributed by atoms with Crippen LogP contribution in [-0.4, -0.2) is 107 Å². The van der Waals surface area contributed by atoms with Gasteiger partial charge in [0.15, 0.2) is 0 Å². The lowest BCUT2D eigenvalue weighted by Crippen LogP contribution is -2.43. The third kappa shape index (κ3) is 12.0. The average molecular weight is 569 g/mol. The van der Waals surface area contributed by atoms with Crippen LogP contribution in [0.15, 0.2) is 34.4 Å². The van der Waals surface area contributed by atoms with E-state index >= 15 is 0 Å². The molecule has 0 aromatic heterocycles. The molecule has 2 N–H and O–H groups in total. The second kappa shape index (κ2) is 18.4. The Labute approximate surface area is 243 Å². The van der Waals surface area contributed by atoms with Gasteiger partial charge in [0, 0.05) is 51.9 Å². The van der Waals surface area contributed by atoms with Crippen LogP contribution < -0.4 is 20.3 Å². The molecule has 0 atom stereocenters. The summed E-state index contributed by atoms with van der Waals surface area (Å²) in [5.41, 5.74) is 2.23. The van der Waals surface area contributed by atoms with E-state index in [1.807, 2.05) is 32.7 Å². The number of hydrogen-bond donors (Lipinski definition) is 2. The molecular weight excluding hydrogens is 524 g/mol. The van der Waals surface area contributed by atoms with Gasteiger partial charge < -0.3 is 30.0 Å². The molecule has 1 heterocycles. The van der Waals surface area contributed by atoms with Gasteiger partial charge in [-0.25, -0.2) is 0 Å². The van der Waals surface area contributed by atoms with E-state index in [2.05, 4.69) is 38.4 Å². The highest BCUT2D eigenvalue weighted by Crippen LogP contribution is 2.39. The summed E-state index contributed by atoms with van der Waals surface area (Å²) < 4.78 is 11.4. The number of nitrogens with zero attached hydrogens (tertiary/aromatic N) is 6. The number of ether oxygens (including phenoxy) is 2. The van der Waals surface area contributed by atoms with Gasteiger partial charge in [0.2, 0.25) is 11.8 Å². The number of hydrogen-bond acceptors (Lipinski definition) is 10. The van der Waals surface area contributed by atoms with Crippen molar-refractivity contribution in [2.45, 2.75) is 33.6 Å². The number of carbonyl (C=O) groups excluding carboxylic acids is 2. The van der Waals surface area contributed by atoms with Gasteiger partial charge in [-0.15, -0.1) is 0 Å². The number of nitrogens with one attached hydrogen (secondary N) is 2. The predicted molar refractivity (Wildman–Crippen MR) is 162 cm³/mol. The first-order chi connectivity index (χ1) is 19.8. The number of anilines is 1. The second-order valence-electron chi connectivity index (χ2n) is 9.56. The second-order valence-corrected chi connectivity index (χ2v) is 9.56. The zero-order valence-corrected chi connectivity index (χ0v) is 24.8. The van der Waals surface area contributed by atoms with Crippen LogP contribution in [0.1, 0.15) is 39.2 Å². The summed E-state index contributed by atoms with van der Waals surface area (Å²) in [7, 11) is 1.87. The van der Waals surface area contributed by atoms with Crippen molar-refractivity contribution < 1.29 is 19.1 Å². The topological polar surface area (TPSA) is 135 Å². The van der Waals surface area contributed by atoms with Crippen molar-refractivity contribution in [2.75, 3.05) is 77.7 Å². The van der Waals surface area contributed by atoms with E-state index in [0.717, 1.165) is 26.1 Å². The number of morpholine rings is 1. The van der Waals surface area contributed by atoms with E-state index in [1.54, 1.807) is 23.2 Å². The van der Waals surface area contributed by atoms with Crippen LogP contribution >= 0.6 is 0 Å². The van der Waals surface area contributed by atoms with Crippen LogP contribution in [0, 0.1) is 11.3 Å². The van der Waals surface area contributed by atoms with Crippen molar-refractivity contribution in [3.8, 4) is 11.8 Å². The van der Waals surface area contributed by atoms with Crippen molar-refractivity contribution in [1.82, 2.24) is 20.5 Å². The minimum Gasteiger partial charge on any atom is -0.491 e. The van der Waals surface area contributed by atoms with E-state index in [-0.39, 0.29) is 18.5 Å². The molecule has 41 heavy (non-hydrogen) atoms. The largest absolute Gasteiger partial charge is 0.491 e. The average Bonchev–Trinajstić information content (AvgIpc) is 2.98. The molecule has 0 unspecified atom stereocenters. The molecule has 1 saturated heterocycles. The molecule has 0 saturated carbocycles. The summed E-state index contributed by atoms with van der Waals surface area (Å²) in [5.74, 6) is 0.168. The highest BCUT2D eigenvalue weighted by atomic mass is 16.5. The number of rotatable bonds is 17. The molecule has 224 valence electrons. The van der Waals surface area contributed by atoms with E-state index in [0.29, 0.717) is 74.3 Å². The lowest BCUT2D eigenvalue weighted by molar-refractivity contribution is -0.123. The first kappa shape index (κ1) is 33.3. The standard InChI is InChI=1S/C29H44N8O4/c1-6-12-37(22-33-27(38)10-9-23(3)34-35(5)7-2)29-25(31-4)18-24(20-30)19-26(29)41-15-8-11-32-28(39)21-36-13-16-40-17-14-36/h9-10,18-19H,4,6-8,11-17,21-22H2,1-3,5H3,(H,32,39)(H,33,38)/b10-9+,34-23-. The Hall–Kier alpha value is -3.95. The minimum absolute atomic E-state index is 0.0324. The Morgan fingerprint density at radius 2 is 2.00 bits per heavy atom. The first-order valence-corrected chi connectivity index (χ1v) is 14.0. The van der Waals surface area contributed by atoms with Gasteiger partial charge >= 0.3 is 0 Å². The van der Waals surface area contributed by atoms with Crippen LogP contribution in [0.25, 0.3) is 0 Å². The summed E-state index contributed by atoms with van der Waals surface area (Å²) in [5, 5.41) is 21.5. The van der Waals surface area contributed by atoms with E-state index in [1.165, 1.54) is 6.08 Å². The van der Waals surface area contributed by atoms with Crippen molar-refractivity contribution in [3.05, 3.63) is 29.8 Å². The number of allylic oxidation sites excluding steroid dienone is 1. The van der Waals surface area contributed by atoms with Crippen LogP contribution in [0.2, 0.25) is 0 Å². The molecule has 2 rings (SSSR count). The number of nitriles is 1. The van der Waals surface area contributed by atoms with Crippen LogP contribution in [0.3, 0.4) is 0 Å². The van der Waals surface area contributed by atoms with Gasteiger partial charge in [0.1, 0.15) is 11.4 Å². The predicted octanol–water partition coefficient (Wildman–Crippen LogP) is 2.28. The molecule has 0 radical (unpaired) electrons. The number of benzene rings is 1. The summed E-state index contributed by atoms with van der Waals surface area (Å²) >= 11 is 0. The van der Waals surface area contributed by atoms with Gasteiger partial charge in [-0.3, -0.25) is 19.5 Å². The van der Waals surface area contributed by atoms with Crippen molar-refractivity contribution in [1.29, 1.82) is 5.26 Å². The molecule has 1 aliphatic rings. The maximum atomic E-state index is 12.6. The summed E-state index contributed by atoms with van der Waals surface area (Å²) in [6, 6.07) is 5.45. The lowest BCUT2D eigenvalue weighted by atomic mass is 10.1. The lowest BCUT2D eigenvalue weighted by Gasteiger charge is -2.28. The van der Waals surface area contributed by atoms with E-state index < -0.39 is 0 Å². The third-order valence-electron chi connectivity index (χ3n) is 6.24. The van der Waals surface area contributed by atoms with E-state index in [9.17, 15) is 14.9 Å². The fourth-order valence-corrected chi connectivity index (χ4v) is 4.05. The maximum absolute atomic E-state index is 12.6. The Morgan fingerprint density at radius 1 is 1.24 bits per heavy atom. The quantitative estimate of drug-likeness (QED) is 0.0961. The van der Waals surface area contributed by atoms with Gasteiger partial charge in [-0.2, -0.15) is 10.4 Å². The Kier molecular flexibility index (Phi) is 14.9. The highest BCUT2D eigenvalue weighted by Gasteiger charge is 2.19. The van der Waals surface area contributed by atoms with Gasteiger partial charge in [0.25, 0.3) is 0 Å². The van der Waals surface area contributed by atoms with Crippen LogP contribution in [0.5, 0.6) is 5.75 Å². The number of hydrazone groups is 1. The number of amides is 2. The van der Waals surface area contributed by atoms with Crippen molar-refractivity contribution >= 4 is 35.6 Å². The highest BCUT2D eigenvalue weighted by molar-refractivity contribution is 5.99. The third-order valence-corrected chi connectivity index (χ3v) is 6.24. The monoisotopic (exact) mass is 568 g/mol. The molecule has 12 heteroatoms. The van der Waals surface area contributed by atoms with Crippen LogP contribution in [-0.2, 0) is 14.3 Å². The van der Waals surface area contributed by atoms with E-state index in [4.69, 9.17) is 9.47 Å². The number of aliphatic imine (C=N–C) groups is 1.